The van der Waals surface area contributed by atoms with Gasteiger partial charge in [-0.15, -0.1) is 0 Å². The summed E-state index contributed by atoms with van der Waals surface area (Å²) in [4.78, 5) is 93.3. The molecule has 4 fully saturated rings. The first-order valence-corrected chi connectivity index (χ1v) is 34.6. The first-order chi connectivity index (χ1) is 49.1. The number of ketones is 3. The van der Waals surface area contributed by atoms with Crippen molar-refractivity contribution in [2.24, 2.45) is 33.8 Å². The molecule has 8 atom stereocenters. The summed E-state index contributed by atoms with van der Waals surface area (Å²) in [5.41, 5.74) is 16.7. The van der Waals surface area contributed by atoms with E-state index in [0.717, 1.165) is 99.2 Å². The number of hydrogen-bond donors (Lipinski definition) is 2. The molecule has 2 amide bonds. The predicted octanol–water partition coefficient (Wildman–Crippen LogP) is 14.8. The second-order valence-corrected chi connectivity index (χ2v) is 27.6. The molecule has 6 aromatic carbocycles. The summed E-state index contributed by atoms with van der Waals surface area (Å²) in [6, 6.07) is 50.2. The molecule has 18 nitrogen and oxygen atoms in total. The number of rotatable bonds is 24. The fourth-order valence-electron chi connectivity index (χ4n) is 15.3. The smallest absolute Gasteiger partial charge is 0.410 e. The van der Waals surface area contributed by atoms with Crippen LogP contribution in [0, 0.1) is 17.8 Å². The number of nitrogens with zero attached hydrogens (tertiary/aromatic N) is 4. The highest BCUT2D eigenvalue weighted by Crippen LogP contribution is 2.48. The molecule has 3 N–H and O–H groups in total. The van der Waals surface area contributed by atoms with Gasteiger partial charge in [0.25, 0.3) is 0 Å². The van der Waals surface area contributed by atoms with Gasteiger partial charge in [0, 0.05) is 79.8 Å². The van der Waals surface area contributed by atoms with E-state index in [4.69, 9.17) is 37.1 Å². The molecule has 2 spiro atoms. The molecule has 4 aliphatic carbocycles. The highest BCUT2D eigenvalue weighted by Gasteiger charge is 2.56. The maximum absolute atomic E-state index is 14.3. The number of carboxylic acids is 1. The van der Waals surface area contributed by atoms with Crippen LogP contribution in [0.2, 0.25) is 0 Å². The number of benzene rings is 6. The van der Waals surface area contributed by atoms with Crippen LogP contribution in [0.4, 0.5) is 9.59 Å². The van der Waals surface area contributed by atoms with Gasteiger partial charge in [-0.25, -0.2) is 14.4 Å². The Balaban J connectivity index is 0.000000181. The average molecular weight is 1350 g/mol. The van der Waals surface area contributed by atoms with Gasteiger partial charge in [-0.1, -0.05) is 210 Å². The summed E-state index contributed by atoms with van der Waals surface area (Å²) in [5, 5.41) is 18.5. The summed E-state index contributed by atoms with van der Waals surface area (Å²) < 4.78 is 34.3. The summed E-state index contributed by atoms with van der Waals surface area (Å²) in [6.07, 6.45) is 8.39. The molecule has 524 valence electrons. The second-order valence-electron chi connectivity index (χ2n) is 27.6. The number of carbonyl (C=O) groups is 6. The maximum atomic E-state index is 14.3. The van der Waals surface area contributed by atoms with E-state index >= 15 is 0 Å². The topological polar surface area (TPSA) is 235 Å². The summed E-state index contributed by atoms with van der Waals surface area (Å²) in [6.45, 7) is 4.71. The Labute approximate surface area is 585 Å². The van der Waals surface area contributed by atoms with E-state index in [-0.39, 0.29) is 86.4 Å². The van der Waals surface area contributed by atoms with Crippen molar-refractivity contribution in [2.75, 3.05) is 40.5 Å². The number of Topliss-reactive ketones (excluding diaryl/α,β-unsaturated/α-hetero) is 3. The number of aliphatic carboxylic acids is 1. The highest BCUT2D eigenvalue weighted by atomic mass is 16.7. The van der Waals surface area contributed by atoms with E-state index in [0.29, 0.717) is 50.4 Å². The van der Waals surface area contributed by atoms with E-state index in [1.807, 2.05) is 121 Å². The zero-order valence-corrected chi connectivity index (χ0v) is 57.9. The fourth-order valence-corrected chi connectivity index (χ4v) is 15.3. The molecule has 0 aromatic heterocycles. The van der Waals surface area contributed by atoms with Crippen molar-refractivity contribution in [3.63, 3.8) is 0 Å². The largest absolute Gasteiger partial charge is 0.480 e. The highest BCUT2D eigenvalue weighted by molar-refractivity contribution is 6.03. The van der Waals surface area contributed by atoms with Crippen molar-refractivity contribution in [3.05, 3.63) is 191 Å². The van der Waals surface area contributed by atoms with Gasteiger partial charge in [-0.2, -0.15) is 0 Å². The Hall–Kier alpha value is -8.84. The molecule has 2 saturated carbocycles. The van der Waals surface area contributed by atoms with Gasteiger partial charge in [0.15, 0.2) is 28.6 Å². The second kappa shape index (κ2) is 32.4. The first kappa shape index (κ1) is 70.0. The van der Waals surface area contributed by atoms with E-state index in [1.54, 1.807) is 19.1 Å². The van der Waals surface area contributed by atoms with E-state index in [2.05, 4.69) is 60.6 Å². The molecule has 4 heterocycles. The van der Waals surface area contributed by atoms with Crippen LogP contribution in [-0.4, -0.2) is 144 Å². The van der Waals surface area contributed by atoms with Crippen molar-refractivity contribution in [1.29, 1.82) is 0 Å². The number of likely N-dealkylation sites (tertiary alicyclic amines) is 2. The van der Waals surface area contributed by atoms with Crippen LogP contribution in [0.3, 0.4) is 0 Å². The number of ether oxygens (including phenoxy) is 4. The van der Waals surface area contributed by atoms with Crippen molar-refractivity contribution < 1.29 is 65.2 Å². The predicted molar refractivity (Wildman–Crippen MR) is 381 cm³/mol. The van der Waals surface area contributed by atoms with E-state index < -0.39 is 47.5 Å². The lowest BCUT2D eigenvalue weighted by molar-refractivity contribution is -0.142. The van der Waals surface area contributed by atoms with Crippen LogP contribution in [0.5, 0.6) is 0 Å². The van der Waals surface area contributed by atoms with Crippen LogP contribution < -0.4 is 5.73 Å². The molecule has 2 saturated heterocycles. The first-order valence-electron chi connectivity index (χ1n) is 36.6. The lowest BCUT2D eigenvalue weighted by Crippen LogP contribution is -2.43. The number of amides is 2. The third-order valence-corrected chi connectivity index (χ3v) is 20.6. The Morgan fingerprint density at radius 2 is 0.929 bits per heavy atom. The molecule has 18 heteroatoms. The van der Waals surface area contributed by atoms with Crippen molar-refractivity contribution in [1.82, 2.24) is 9.80 Å². The van der Waals surface area contributed by atoms with Gasteiger partial charge in [0.2, 0.25) is 0 Å². The lowest BCUT2D eigenvalue weighted by atomic mass is 9.84. The molecule has 99 heavy (non-hydrogen) atoms. The van der Waals surface area contributed by atoms with Gasteiger partial charge in [-0.3, -0.25) is 24.2 Å². The lowest BCUT2D eigenvalue weighted by Gasteiger charge is -2.28. The molecule has 6 aromatic rings. The summed E-state index contributed by atoms with van der Waals surface area (Å²) in [7, 11) is 5.63. The van der Waals surface area contributed by atoms with Crippen molar-refractivity contribution in [2.45, 2.75) is 178 Å². The maximum Gasteiger partial charge on any atom is 0.410 e. The number of nitrogens with two attached hydrogens (primary N) is 1. The average Bonchev–Trinajstić information content (AvgIpc) is 1.63. The summed E-state index contributed by atoms with van der Waals surface area (Å²) in [5.74, 6) is -0.319. The monoisotopic (exact) mass is 1350 g/mol. The van der Waals surface area contributed by atoms with E-state index in [1.165, 1.54) is 32.5 Å². The molecule has 8 aliphatic rings. The minimum atomic E-state index is -1.08. The van der Waals surface area contributed by atoms with Crippen LogP contribution in [0.15, 0.2) is 168 Å². The Morgan fingerprint density at radius 1 is 0.556 bits per heavy atom. The standard InChI is InChI=1S/C40H44N2O6.C28H24N2O5.C11H21NO2.2CH4/c1-3-11-28(38(46-2)37(44)20-26-18-19-26)21-36(43)35-23-40(22-34(41-48-40)27-12-5-4-6-13-27)25-42(35)39(45)47-24-33-31-16-9-7-14-29(31)30-15-8-10-17-32(30)33;31-26(32)25-15-28(14-24(29-35-28)18-8-2-1-3-9-18)17-30(25)27(33)34-16-23-21-12-6-4-10-19(21)20-11-5-7-13-22(20)23;1-3-4-9(12)11(14-2)10(13)7-8-5-6-8;;/h4-10,12-17,26,28,33,35,38H,3,11,18-25H2,1-2H3;1-13,23,25H,14-17H2,(H,31,32);8-9,11H,3-7,12H2,1-2H3;2*1H4/t28-,35?,38?,40-;25?,28-;9-,11?;;/m110../s1/i;;;2*1D. The van der Waals surface area contributed by atoms with Crippen LogP contribution in [0.25, 0.3) is 22.3 Å². The van der Waals surface area contributed by atoms with Crippen molar-refractivity contribution >= 4 is 46.9 Å². The van der Waals surface area contributed by atoms with Gasteiger partial charge in [0.1, 0.15) is 31.5 Å². The van der Waals surface area contributed by atoms with Crippen LogP contribution in [0.1, 0.15) is 173 Å². The zero-order chi connectivity index (χ0) is 71.8. The molecular weight excluding hydrogens is 1250 g/mol. The number of oxime groups is 2. The Bertz CT molecular complexity index is 3810. The summed E-state index contributed by atoms with van der Waals surface area (Å²) >= 11 is 0. The van der Waals surface area contributed by atoms with Gasteiger partial charge in [0.05, 0.1) is 30.6 Å². The third-order valence-electron chi connectivity index (χ3n) is 20.6. The van der Waals surface area contributed by atoms with Gasteiger partial charge in [-0.05, 0) is 112 Å². The molecule has 4 aliphatic heterocycles. The van der Waals surface area contributed by atoms with Gasteiger partial charge < -0.3 is 39.5 Å². The quantitative estimate of drug-likeness (QED) is 0.0574. The zero-order valence-electron chi connectivity index (χ0n) is 59.9. The van der Waals surface area contributed by atoms with Crippen LogP contribution in [-0.2, 0) is 47.8 Å². The number of fused-ring (bicyclic) bond motifs is 6. The Kier molecular flexibility index (Phi) is 22.9. The number of hydrogen-bond acceptors (Lipinski definition) is 15. The minimum absolute atomic E-state index is 0.0718. The molecule has 4 unspecified atom stereocenters. The van der Waals surface area contributed by atoms with E-state index in [9.17, 15) is 33.9 Å². The van der Waals surface area contributed by atoms with Crippen molar-refractivity contribution in [3.8, 4) is 22.3 Å². The SMILES string of the molecule is CCC[C@H](CC(=O)C1C[C@]2(CC(c3ccccc3)=NO2)CN1C(=O)OCC1c2ccccc2-c2ccccc21)C(OC)C(=O)CC1CC1.CCC[C@H](N)C(OC)C(=O)CC1CC1.O=C(O)C1C[C@]2(CC(c3ccccc3)=NO2)CN1C(=O)OCC1c2ccccc2-c2ccccc21.[2H]C.[2H]C. The normalized spacial score (nSPS) is 21.9. The number of methoxy groups -OCH3 is 2. The van der Waals surface area contributed by atoms with Crippen LogP contribution >= 0.6 is 0 Å². The van der Waals surface area contributed by atoms with Gasteiger partial charge >= 0.3 is 18.2 Å². The fraction of sp³-hybridized carbons (Fsp3) is 0.457. The molecule has 0 bridgehead atoms. The third kappa shape index (κ3) is 16.4. The minimum Gasteiger partial charge on any atom is -0.480 e. The number of carboxylic acid groups (broad SMARTS) is 1. The Morgan fingerprint density at radius 3 is 1.31 bits per heavy atom. The number of carbonyl (C=O) groups excluding carboxylic acids is 5. The molecule has 0 radical (unpaired) electrons. The molecular formula is C81H97N5O13. The molecule has 14 rings (SSSR count).